The molecule has 3 saturated carbocycles. The lowest BCUT2D eigenvalue weighted by Gasteiger charge is -2.35. The molecule has 0 radical (unpaired) electrons. The molecule has 4 fully saturated rings. The fraction of sp³-hybridized carbons (Fsp3) is 0.778. The molecule has 6 nitrogen and oxygen atoms in total. The van der Waals surface area contributed by atoms with Crippen LogP contribution in [0.5, 0.6) is 0 Å². The summed E-state index contributed by atoms with van der Waals surface area (Å²) in [5, 5.41) is 3.07. The van der Waals surface area contributed by atoms with Gasteiger partial charge in [-0.25, -0.2) is 19.6 Å². The number of fused-ring (bicyclic) bond motifs is 2. The quantitative estimate of drug-likeness (QED) is 0.739. The number of rotatable bonds is 4. The van der Waals surface area contributed by atoms with Crippen molar-refractivity contribution < 1.29 is 19.1 Å². The zero-order valence-electron chi connectivity index (χ0n) is 14.5. The molecule has 1 aliphatic heterocycles. The van der Waals surface area contributed by atoms with E-state index in [1.807, 2.05) is 0 Å². The molecule has 0 aromatic heterocycles. The third-order valence-corrected chi connectivity index (χ3v) is 5.53. The molecule has 0 aromatic carbocycles. The first-order valence-corrected chi connectivity index (χ1v) is 9.33. The molecule has 3 aliphatic carbocycles. The molecule has 24 heavy (non-hydrogen) atoms. The standard InChI is InChI=1S/C18H26N2O4/c1-3-23-17(21)19-13-9-10-14(20(19)18(22)24-4-2)16(13)15(11-5-6-11)12-7-8-12/h11-14H,3-10H2,1-2H3/t13-,14+. The third kappa shape index (κ3) is 2.47. The summed E-state index contributed by atoms with van der Waals surface area (Å²) in [7, 11) is 0. The van der Waals surface area contributed by atoms with Crippen molar-refractivity contribution in [3.8, 4) is 0 Å². The summed E-state index contributed by atoms with van der Waals surface area (Å²) >= 11 is 0. The first kappa shape index (κ1) is 15.8. The number of nitrogens with zero attached hydrogens (tertiary/aromatic N) is 2. The normalized spacial score (nSPS) is 28.3. The Morgan fingerprint density at radius 1 is 0.833 bits per heavy atom. The van der Waals surface area contributed by atoms with Crippen LogP contribution in [0.4, 0.5) is 9.59 Å². The lowest BCUT2D eigenvalue weighted by atomic mass is 9.94. The Balaban J connectivity index is 1.71. The second-order valence-corrected chi connectivity index (χ2v) is 7.16. The molecule has 0 N–H and O–H groups in total. The maximum absolute atomic E-state index is 12.5. The smallest absolute Gasteiger partial charge is 0.429 e. The Bertz CT molecular complexity index is 532. The monoisotopic (exact) mass is 334 g/mol. The van der Waals surface area contributed by atoms with Crippen LogP contribution in [0.15, 0.2) is 11.1 Å². The van der Waals surface area contributed by atoms with E-state index >= 15 is 0 Å². The van der Waals surface area contributed by atoms with Crippen LogP contribution in [-0.4, -0.2) is 47.5 Å². The lowest BCUT2D eigenvalue weighted by molar-refractivity contribution is -0.0378. The fourth-order valence-electron chi connectivity index (χ4n) is 4.45. The Morgan fingerprint density at radius 3 is 1.58 bits per heavy atom. The van der Waals surface area contributed by atoms with E-state index in [1.165, 1.54) is 41.3 Å². The Morgan fingerprint density at radius 2 is 1.25 bits per heavy atom. The first-order chi connectivity index (χ1) is 11.7. The molecule has 4 rings (SSSR count). The van der Waals surface area contributed by atoms with Crippen LogP contribution >= 0.6 is 0 Å². The predicted molar refractivity (Wildman–Crippen MR) is 87.0 cm³/mol. The van der Waals surface area contributed by atoms with Crippen LogP contribution in [0, 0.1) is 11.8 Å². The van der Waals surface area contributed by atoms with Crippen molar-refractivity contribution in [1.82, 2.24) is 10.0 Å². The minimum atomic E-state index is -0.429. The fourth-order valence-corrected chi connectivity index (χ4v) is 4.45. The molecule has 0 spiro atoms. The van der Waals surface area contributed by atoms with Gasteiger partial charge in [-0.05, 0) is 69.8 Å². The second-order valence-electron chi connectivity index (χ2n) is 7.16. The number of hydrazine groups is 1. The molecule has 0 unspecified atom stereocenters. The van der Waals surface area contributed by atoms with Gasteiger partial charge in [-0.15, -0.1) is 0 Å². The van der Waals surface area contributed by atoms with E-state index in [0.717, 1.165) is 12.8 Å². The Hall–Kier alpha value is -1.72. The van der Waals surface area contributed by atoms with Crippen molar-refractivity contribution in [2.45, 2.75) is 64.5 Å². The maximum atomic E-state index is 12.5. The second kappa shape index (κ2) is 5.97. The average molecular weight is 334 g/mol. The van der Waals surface area contributed by atoms with Crippen molar-refractivity contribution in [2.75, 3.05) is 13.2 Å². The highest BCUT2D eigenvalue weighted by Crippen LogP contribution is 2.55. The predicted octanol–water partition coefficient (Wildman–Crippen LogP) is 3.48. The summed E-state index contributed by atoms with van der Waals surface area (Å²) in [6, 6.07) is -0.0377. The van der Waals surface area contributed by atoms with Gasteiger partial charge in [0.15, 0.2) is 0 Å². The first-order valence-electron chi connectivity index (χ1n) is 9.33. The minimum absolute atomic E-state index is 0.0188. The van der Waals surface area contributed by atoms with Gasteiger partial charge >= 0.3 is 12.2 Å². The van der Waals surface area contributed by atoms with Crippen LogP contribution in [0.3, 0.4) is 0 Å². The van der Waals surface area contributed by atoms with Crippen molar-refractivity contribution >= 4 is 12.2 Å². The molecule has 1 saturated heterocycles. The summed E-state index contributed by atoms with van der Waals surface area (Å²) in [6.07, 6.45) is 6.00. The maximum Gasteiger partial charge on any atom is 0.429 e. The Kier molecular flexibility index (Phi) is 3.93. The SMILES string of the molecule is CCOC(=O)N1[C@@H]2CC[C@@H](C2=C(C2CC2)C2CC2)N1C(=O)OCC. The summed E-state index contributed by atoms with van der Waals surface area (Å²) in [5.74, 6) is 1.36. The van der Waals surface area contributed by atoms with Gasteiger partial charge in [0.1, 0.15) is 0 Å². The number of carbonyl (C=O) groups excluding carboxylic acids is 2. The van der Waals surface area contributed by atoms with Crippen LogP contribution < -0.4 is 0 Å². The van der Waals surface area contributed by atoms with Crippen LogP contribution in [0.25, 0.3) is 0 Å². The summed E-state index contributed by atoms with van der Waals surface area (Å²) in [4.78, 5) is 25.1. The highest BCUT2D eigenvalue weighted by Gasteiger charge is 2.57. The third-order valence-electron chi connectivity index (χ3n) is 5.53. The number of amides is 2. The number of allylic oxidation sites excluding steroid dienone is 1. The zero-order chi connectivity index (χ0) is 16.8. The number of hydrogen-bond donors (Lipinski definition) is 0. The van der Waals surface area contributed by atoms with Gasteiger partial charge in [-0.2, -0.15) is 0 Å². The average Bonchev–Trinajstić information content (AvgIpc) is 3.47. The van der Waals surface area contributed by atoms with Gasteiger partial charge in [0.2, 0.25) is 0 Å². The van der Waals surface area contributed by atoms with E-state index in [9.17, 15) is 9.59 Å². The molecule has 4 aliphatic rings. The van der Waals surface area contributed by atoms with Crippen molar-refractivity contribution in [3.05, 3.63) is 11.1 Å². The van der Waals surface area contributed by atoms with Crippen molar-refractivity contribution in [3.63, 3.8) is 0 Å². The van der Waals surface area contributed by atoms with Gasteiger partial charge in [-0.1, -0.05) is 5.57 Å². The minimum Gasteiger partial charge on any atom is -0.448 e. The molecule has 2 atom stereocenters. The summed E-state index contributed by atoms with van der Waals surface area (Å²) in [6.45, 7) is 4.19. The van der Waals surface area contributed by atoms with Gasteiger partial charge in [-0.3, -0.25) is 0 Å². The van der Waals surface area contributed by atoms with Gasteiger partial charge in [0.05, 0.1) is 25.3 Å². The molecule has 6 heteroatoms. The van der Waals surface area contributed by atoms with E-state index < -0.39 is 12.2 Å². The molecular weight excluding hydrogens is 308 g/mol. The van der Waals surface area contributed by atoms with Gasteiger partial charge in [0.25, 0.3) is 0 Å². The van der Waals surface area contributed by atoms with Crippen molar-refractivity contribution in [1.29, 1.82) is 0 Å². The van der Waals surface area contributed by atoms with Crippen LogP contribution in [-0.2, 0) is 9.47 Å². The topological polar surface area (TPSA) is 59.1 Å². The molecule has 132 valence electrons. The lowest BCUT2D eigenvalue weighted by Crippen LogP contribution is -2.53. The van der Waals surface area contributed by atoms with E-state index in [4.69, 9.17) is 9.47 Å². The molecule has 1 heterocycles. The number of hydrogen-bond acceptors (Lipinski definition) is 4. The van der Waals surface area contributed by atoms with Crippen LogP contribution in [0.2, 0.25) is 0 Å². The molecular formula is C18H26N2O4. The molecule has 0 aromatic rings. The van der Waals surface area contributed by atoms with E-state index in [1.54, 1.807) is 19.4 Å². The van der Waals surface area contributed by atoms with Gasteiger partial charge < -0.3 is 9.47 Å². The van der Waals surface area contributed by atoms with Crippen LogP contribution in [0.1, 0.15) is 52.4 Å². The van der Waals surface area contributed by atoms with E-state index in [2.05, 4.69) is 0 Å². The number of carbonyl (C=O) groups is 2. The zero-order valence-corrected chi connectivity index (χ0v) is 14.5. The largest absolute Gasteiger partial charge is 0.448 e. The summed E-state index contributed by atoms with van der Waals surface area (Å²) in [5.41, 5.74) is 2.89. The highest BCUT2D eigenvalue weighted by molar-refractivity contribution is 5.78. The number of ether oxygens (including phenoxy) is 2. The summed E-state index contributed by atoms with van der Waals surface area (Å²) < 4.78 is 10.5. The van der Waals surface area contributed by atoms with E-state index in [0.29, 0.717) is 25.0 Å². The molecule has 2 amide bonds. The Labute approximate surface area is 142 Å². The van der Waals surface area contributed by atoms with Gasteiger partial charge in [0, 0.05) is 0 Å². The molecule has 2 bridgehead atoms. The van der Waals surface area contributed by atoms with E-state index in [-0.39, 0.29) is 12.1 Å². The van der Waals surface area contributed by atoms with Crippen molar-refractivity contribution in [2.24, 2.45) is 11.8 Å². The highest BCUT2D eigenvalue weighted by atomic mass is 16.6.